The van der Waals surface area contributed by atoms with Crippen molar-refractivity contribution in [1.29, 1.82) is 0 Å². The third kappa shape index (κ3) is 3.19. The first-order valence-corrected chi connectivity index (χ1v) is 9.26. The van der Waals surface area contributed by atoms with Crippen molar-refractivity contribution < 1.29 is 13.5 Å². The summed E-state index contributed by atoms with van der Waals surface area (Å²) >= 11 is 0. The van der Waals surface area contributed by atoms with Crippen molar-refractivity contribution in [2.45, 2.75) is 43.7 Å². The molecule has 0 saturated heterocycles. The molecular formula is C14H24N4O3S. The van der Waals surface area contributed by atoms with Gasteiger partial charge in [0.25, 0.3) is 0 Å². The Hall–Kier alpha value is -0.960. The summed E-state index contributed by atoms with van der Waals surface area (Å²) in [5.41, 5.74) is 1.49. The molecule has 0 radical (unpaired) electrons. The van der Waals surface area contributed by atoms with Gasteiger partial charge in [-0.25, -0.2) is 8.42 Å². The Morgan fingerprint density at radius 3 is 2.77 bits per heavy atom. The highest BCUT2D eigenvalue weighted by molar-refractivity contribution is 7.90. The van der Waals surface area contributed by atoms with Gasteiger partial charge in [-0.15, -0.1) is 0 Å². The average Bonchev–Trinajstić information content (AvgIpc) is 3.23. The van der Waals surface area contributed by atoms with E-state index in [0.29, 0.717) is 31.9 Å². The zero-order valence-electron chi connectivity index (χ0n) is 13.1. The van der Waals surface area contributed by atoms with Crippen LogP contribution >= 0.6 is 0 Å². The second-order valence-electron chi connectivity index (χ2n) is 6.49. The van der Waals surface area contributed by atoms with Crippen LogP contribution in [0.2, 0.25) is 0 Å². The van der Waals surface area contributed by atoms with E-state index in [1.807, 2.05) is 29.7 Å². The molecule has 124 valence electrons. The molecule has 2 aliphatic rings. The van der Waals surface area contributed by atoms with E-state index in [0.717, 1.165) is 25.0 Å². The zero-order valence-corrected chi connectivity index (χ0v) is 14.0. The lowest BCUT2D eigenvalue weighted by molar-refractivity contribution is 0.133. The maximum absolute atomic E-state index is 12.4. The van der Waals surface area contributed by atoms with E-state index in [1.165, 1.54) is 0 Å². The number of hydrogen-bond donors (Lipinski definition) is 1. The van der Waals surface area contributed by atoms with Gasteiger partial charge in [0.2, 0.25) is 10.0 Å². The van der Waals surface area contributed by atoms with Crippen molar-refractivity contribution in [2.75, 3.05) is 27.2 Å². The zero-order chi connectivity index (χ0) is 15.9. The number of aromatic nitrogens is 2. The van der Waals surface area contributed by atoms with Gasteiger partial charge < -0.3 is 10.0 Å². The van der Waals surface area contributed by atoms with Crippen LogP contribution in [-0.2, 0) is 23.1 Å². The smallest absolute Gasteiger partial charge is 0.217 e. The first-order chi connectivity index (χ1) is 10.4. The Morgan fingerprint density at radius 2 is 2.14 bits per heavy atom. The van der Waals surface area contributed by atoms with Gasteiger partial charge in [0.1, 0.15) is 6.10 Å². The summed E-state index contributed by atoms with van der Waals surface area (Å²) in [6.07, 6.45) is 1.67. The van der Waals surface area contributed by atoms with Crippen LogP contribution in [0.5, 0.6) is 0 Å². The molecular weight excluding hydrogens is 304 g/mol. The highest BCUT2D eigenvalue weighted by atomic mass is 32.2. The number of hydrogen-bond acceptors (Lipinski definition) is 5. The molecule has 0 bridgehead atoms. The van der Waals surface area contributed by atoms with Crippen LogP contribution in [0.15, 0.2) is 6.07 Å². The number of likely N-dealkylation sites (N-methyl/N-ethyl adjacent to an activating group) is 1. The van der Waals surface area contributed by atoms with Gasteiger partial charge in [0.15, 0.2) is 0 Å². The molecule has 8 heteroatoms. The Labute approximate surface area is 131 Å². The molecule has 3 rings (SSSR count). The minimum absolute atomic E-state index is 0.180. The molecule has 1 atom stereocenters. The van der Waals surface area contributed by atoms with E-state index >= 15 is 0 Å². The van der Waals surface area contributed by atoms with Gasteiger partial charge >= 0.3 is 0 Å². The number of aryl methyl sites for hydroxylation is 1. The molecule has 0 spiro atoms. The van der Waals surface area contributed by atoms with Crippen molar-refractivity contribution in [3.05, 3.63) is 17.5 Å². The van der Waals surface area contributed by atoms with Crippen molar-refractivity contribution in [1.82, 2.24) is 19.0 Å². The van der Waals surface area contributed by atoms with Crippen molar-refractivity contribution in [3.8, 4) is 0 Å². The second-order valence-corrected chi connectivity index (χ2v) is 8.71. The minimum Gasteiger partial charge on any atom is -0.385 e. The second kappa shape index (κ2) is 5.92. The first-order valence-electron chi connectivity index (χ1n) is 7.76. The molecule has 22 heavy (non-hydrogen) atoms. The summed E-state index contributed by atoms with van der Waals surface area (Å²) in [7, 11) is 0.631. The van der Waals surface area contributed by atoms with Crippen LogP contribution in [-0.4, -0.2) is 64.9 Å². The van der Waals surface area contributed by atoms with Crippen LogP contribution in [0.1, 0.15) is 36.8 Å². The number of nitrogens with zero attached hydrogens (tertiary/aromatic N) is 4. The highest BCUT2D eigenvalue weighted by Crippen LogP contribution is 2.32. The van der Waals surface area contributed by atoms with Crippen LogP contribution in [0.25, 0.3) is 0 Å². The van der Waals surface area contributed by atoms with Crippen molar-refractivity contribution >= 4 is 10.0 Å². The summed E-state index contributed by atoms with van der Waals surface area (Å²) in [5.74, 6) is 0. The molecule has 1 aromatic rings. The van der Waals surface area contributed by atoms with Gasteiger partial charge in [0.05, 0.1) is 23.2 Å². The molecule has 1 aromatic heterocycles. The van der Waals surface area contributed by atoms with E-state index in [4.69, 9.17) is 0 Å². The highest BCUT2D eigenvalue weighted by Gasteiger charge is 2.40. The number of aliphatic hydroxyl groups excluding tert-OH is 1. The Morgan fingerprint density at radius 1 is 1.41 bits per heavy atom. The van der Waals surface area contributed by atoms with Gasteiger partial charge in [-0.05, 0) is 39.4 Å². The first kappa shape index (κ1) is 15.9. The van der Waals surface area contributed by atoms with Crippen LogP contribution in [0.4, 0.5) is 0 Å². The van der Waals surface area contributed by atoms with E-state index in [-0.39, 0.29) is 5.25 Å². The van der Waals surface area contributed by atoms with E-state index in [1.54, 1.807) is 4.31 Å². The quantitative estimate of drug-likeness (QED) is 0.834. The fraction of sp³-hybridized carbons (Fsp3) is 0.786. The maximum Gasteiger partial charge on any atom is 0.217 e. The number of rotatable bonds is 5. The van der Waals surface area contributed by atoms with Crippen molar-refractivity contribution in [2.24, 2.45) is 0 Å². The molecule has 1 N–H and O–H groups in total. The molecule has 1 fully saturated rings. The van der Waals surface area contributed by atoms with Crippen molar-refractivity contribution in [3.63, 3.8) is 0 Å². The third-order valence-electron chi connectivity index (χ3n) is 4.18. The SMILES string of the molecule is CN(C)C[C@H](O)c1cc2n(n1)CCCN(S(=O)(=O)C1CC1)C2. The summed E-state index contributed by atoms with van der Waals surface area (Å²) in [6, 6.07) is 1.84. The summed E-state index contributed by atoms with van der Waals surface area (Å²) in [4.78, 5) is 1.90. The largest absolute Gasteiger partial charge is 0.385 e. The molecule has 1 saturated carbocycles. The molecule has 0 unspecified atom stereocenters. The molecule has 7 nitrogen and oxygen atoms in total. The summed E-state index contributed by atoms with van der Waals surface area (Å²) < 4.78 is 28.3. The fourth-order valence-electron chi connectivity index (χ4n) is 2.85. The lowest BCUT2D eigenvalue weighted by Gasteiger charge is -2.19. The average molecular weight is 328 g/mol. The lowest BCUT2D eigenvalue weighted by Crippen LogP contribution is -2.33. The van der Waals surface area contributed by atoms with Crippen LogP contribution in [0.3, 0.4) is 0 Å². The minimum atomic E-state index is -3.16. The van der Waals surface area contributed by atoms with Gasteiger partial charge in [0, 0.05) is 19.6 Å². The number of fused-ring (bicyclic) bond motifs is 1. The molecule has 0 aromatic carbocycles. The predicted molar refractivity (Wildman–Crippen MR) is 82.7 cm³/mol. The maximum atomic E-state index is 12.4. The predicted octanol–water partition coefficient (Wildman–Crippen LogP) is 0.176. The molecule has 1 aliphatic heterocycles. The Bertz CT molecular complexity index is 637. The standard InChI is InChI=1S/C14H24N4O3S/c1-16(2)10-14(19)13-8-11-9-17(6-3-7-18(11)15-13)22(20,21)12-4-5-12/h8,12,14,19H,3-7,9-10H2,1-2H3/t14-/m0/s1. The molecule has 1 aliphatic carbocycles. The molecule has 2 heterocycles. The fourth-order valence-corrected chi connectivity index (χ4v) is 4.70. The monoisotopic (exact) mass is 328 g/mol. The van der Waals surface area contributed by atoms with E-state index in [9.17, 15) is 13.5 Å². The van der Waals surface area contributed by atoms with Gasteiger partial charge in [-0.2, -0.15) is 9.40 Å². The summed E-state index contributed by atoms with van der Waals surface area (Å²) in [6.45, 7) is 2.11. The topological polar surface area (TPSA) is 78.7 Å². The third-order valence-corrected chi connectivity index (χ3v) is 6.53. The van der Waals surface area contributed by atoms with E-state index in [2.05, 4.69) is 5.10 Å². The summed E-state index contributed by atoms with van der Waals surface area (Å²) in [5, 5.41) is 14.5. The van der Waals surface area contributed by atoms with Crippen LogP contribution in [0, 0.1) is 0 Å². The number of aliphatic hydroxyl groups is 1. The van der Waals surface area contributed by atoms with Gasteiger partial charge in [-0.3, -0.25) is 4.68 Å². The van der Waals surface area contributed by atoms with E-state index < -0.39 is 16.1 Å². The molecule has 0 amide bonds. The Balaban J connectivity index is 1.79. The number of sulfonamides is 1. The lowest BCUT2D eigenvalue weighted by atomic mass is 10.2. The van der Waals surface area contributed by atoms with Crippen LogP contribution < -0.4 is 0 Å². The Kier molecular flexibility index (Phi) is 4.28. The van der Waals surface area contributed by atoms with Gasteiger partial charge in [-0.1, -0.05) is 0 Å². The normalized spacial score (nSPS) is 21.6.